The summed E-state index contributed by atoms with van der Waals surface area (Å²) in [4.78, 5) is 23.0. The minimum atomic E-state index is -1.11. The second kappa shape index (κ2) is 5.75. The van der Waals surface area contributed by atoms with Crippen molar-refractivity contribution in [3.05, 3.63) is 64.5 Å². The number of carbonyl (C=O) groups is 2. The van der Waals surface area contributed by atoms with Crippen molar-refractivity contribution in [2.24, 2.45) is 0 Å². The molecule has 0 saturated carbocycles. The van der Waals surface area contributed by atoms with Gasteiger partial charge in [0.15, 0.2) is 5.78 Å². The number of phenolic OH excluding ortho intramolecular Hbond substituents is 1. The molecule has 0 atom stereocenters. The lowest BCUT2D eigenvalue weighted by molar-refractivity contribution is 0.0696. The summed E-state index contributed by atoms with van der Waals surface area (Å²) in [5.41, 5.74) is 0.0803. The zero-order chi connectivity index (χ0) is 15.6. The fraction of sp³-hybridized carbons (Fsp3) is 0.125. The highest BCUT2D eigenvalue weighted by molar-refractivity contribution is 6.11. The van der Waals surface area contributed by atoms with E-state index in [1.165, 1.54) is 36.4 Å². The quantitative estimate of drug-likeness (QED) is 0.848. The molecule has 0 heterocycles. The minimum Gasteiger partial charge on any atom is -0.507 e. The number of benzene rings is 2. The number of hydrogen-bond donors (Lipinski definition) is 2. The van der Waals surface area contributed by atoms with Crippen LogP contribution in [0, 0.1) is 5.82 Å². The summed E-state index contributed by atoms with van der Waals surface area (Å²) in [6.07, 6.45) is 0.393. The Morgan fingerprint density at radius 3 is 2.14 bits per heavy atom. The highest BCUT2D eigenvalue weighted by Crippen LogP contribution is 2.26. The molecule has 0 aliphatic rings. The molecule has 0 bridgehead atoms. The molecule has 0 aromatic heterocycles. The van der Waals surface area contributed by atoms with E-state index < -0.39 is 28.9 Å². The maximum atomic E-state index is 14.2. The number of ketones is 1. The van der Waals surface area contributed by atoms with E-state index >= 15 is 0 Å². The first kappa shape index (κ1) is 14.7. The van der Waals surface area contributed by atoms with Crippen LogP contribution in [-0.2, 0) is 6.42 Å². The fourth-order valence-corrected chi connectivity index (χ4v) is 2.01. The van der Waals surface area contributed by atoms with Gasteiger partial charge in [0.05, 0.1) is 5.56 Å². The SMILES string of the molecule is CCc1ccc(O)c(C(=O)c2ccc(C(=O)O)cc2)c1F. The molecule has 0 fully saturated rings. The Kier molecular flexibility index (Phi) is 4.03. The van der Waals surface area contributed by atoms with E-state index in [-0.39, 0.29) is 11.1 Å². The zero-order valence-corrected chi connectivity index (χ0v) is 11.3. The van der Waals surface area contributed by atoms with Crippen LogP contribution in [0.15, 0.2) is 36.4 Å². The van der Waals surface area contributed by atoms with E-state index in [2.05, 4.69) is 0 Å². The van der Waals surface area contributed by atoms with Gasteiger partial charge < -0.3 is 10.2 Å². The van der Waals surface area contributed by atoms with Crippen molar-refractivity contribution < 1.29 is 24.2 Å². The van der Waals surface area contributed by atoms with Crippen molar-refractivity contribution in [2.75, 3.05) is 0 Å². The first-order valence-corrected chi connectivity index (χ1v) is 6.34. The number of phenols is 1. The first-order valence-electron chi connectivity index (χ1n) is 6.34. The van der Waals surface area contributed by atoms with E-state index in [9.17, 15) is 19.1 Å². The molecule has 4 nitrogen and oxygen atoms in total. The van der Waals surface area contributed by atoms with E-state index in [1.54, 1.807) is 6.92 Å². The molecule has 0 amide bonds. The van der Waals surface area contributed by atoms with Gasteiger partial charge in [-0.2, -0.15) is 0 Å². The Balaban J connectivity index is 2.47. The van der Waals surface area contributed by atoms with Crippen LogP contribution in [0.1, 0.15) is 38.8 Å². The van der Waals surface area contributed by atoms with Gasteiger partial charge in [0, 0.05) is 5.56 Å². The Morgan fingerprint density at radius 2 is 1.62 bits per heavy atom. The van der Waals surface area contributed by atoms with Crippen LogP contribution in [0.5, 0.6) is 5.75 Å². The van der Waals surface area contributed by atoms with Gasteiger partial charge in [-0.3, -0.25) is 4.79 Å². The third-order valence-electron chi connectivity index (χ3n) is 3.20. The number of aryl methyl sites for hydroxylation is 1. The van der Waals surface area contributed by atoms with Gasteiger partial charge in [-0.05, 0) is 30.2 Å². The average molecular weight is 288 g/mol. The molecule has 0 aliphatic heterocycles. The van der Waals surface area contributed by atoms with Gasteiger partial charge in [0.25, 0.3) is 0 Å². The number of halogens is 1. The second-order valence-corrected chi connectivity index (χ2v) is 4.50. The summed E-state index contributed by atoms with van der Waals surface area (Å²) in [7, 11) is 0. The molecular weight excluding hydrogens is 275 g/mol. The van der Waals surface area contributed by atoms with Crippen LogP contribution in [-0.4, -0.2) is 22.0 Å². The fourth-order valence-electron chi connectivity index (χ4n) is 2.01. The molecule has 108 valence electrons. The van der Waals surface area contributed by atoms with Crippen molar-refractivity contribution in [1.29, 1.82) is 0 Å². The van der Waals surface area contributed by atoms with Gasteiger partial charge in [0.1, 0.15) is 17.1 Å². The van der Waals surface area contributed by atoms with E-state index in [0.717, 1.165) is 0 Å². The van der Waals surface area contributed by atoms with Crippen LogP contribution in [0.25, 0.3) is 0 Å². The predicted octanol–water partition coefficient (Wildman–Crippen LogP) is 3.02. The maximum absolute atomic E-state index is 14.2. The Labute approximate surface area is 120 Å². The molecule has 0 aliphatic carbocycles. The Hall–Kier alpha value is -2.69. The van der Waals surface area contributed by atoms with Crippen molar-refractivity contribution in [3.63, 3.8) is 0 Å². The molecule has 21 heavy (non-hydrogen) atoms. The maximum Gasteiger partial charge on any atom is 0.335 e. The number of carboxylic acids is 1. The lowest BCUT2D eigenvalue weighted by atomic mass is 9.98. The third-order valence-corrected chi connectivity index (χ3v) is 3.20. The van der Waals surface area contributed by atoms with E-state index in [4.69, 9.17) is 5.11 Å². The summed E-state index contributed by atoms with van der Waals surface area (Å²) in [5, 5.41) is 18.5. The highest BCUT2D eigenvalue weighted by Gasteiger charge is 2.21. The summed E-state index contributed by atoms with van der Waals surface area (Å²) < 4.78 is 14.2. The summed E-state index contributed by atoms with van der Waals surface area (Å²) >= 11 is 0. The van der Waals surface area contributed by atoms with Gasteiger partial charge in [-0.25, -0.2) is 9.18 Å². The van der Waals surface area contributed by atoms with Gasteiger partial charge >= 0.3 is 5.97 Å². The van der Waals surface area contributed by atoms with Crippen molar-refractivity contribution >= 4 is 11.8 Å². The van der Waals surface area contributed by atoms with E-state index in [0.29, 0.717) is 12.0 Å². The summed E-state index contributed by atoms with van der Waals surface area (Å²) in [5.74, 6) is -2.98. The van der Waals surface area contributed by atoms with Crippen LogP contribution < -0.4 is 0 Å². The summed E-state index contributed by atoms with van der Waals surface area (Å²) in [6.45, 7) is 1.74. The normalized spacial score (nSPS) is 10.4. The number of carbonyl (C=O) groups excluding carboxylic acids is 1. The molecule has 0 spiro atoms. The van der Waals surface area contributed by atoms with Crippen LogP contribution in [0.3, 0.4) is 0 Å². The van der Waals surface area contributed by atoms with Crippen LogP contribution >= 0.6 is 0 Å². The average Bonchev–Trinajstić information content (AvgIpc) is 2.47. The van der Waals surface area contributed by atoms with Crippen LogP contribution in [0.4, 0.5) is 4.39 Å². The molecule has 0 saturated heterocycles. The Morgan fingerprint density at radius 1 is 1.05 bits per heavy atom. The van der Waals surface area contributed by atoms with Gasteiger partial charge in [-0.1, -0.05) is 25.1 Å². The predicted molar refractivity (Wildman–Crippen MR) is 74.3 cm³/mol. The minimum absolute atomic E-state index is 0.0264. The summed E-state index contributed by atoms with van der Waals surface area (Å²) in [6, 6.07) is 7.81. The third kappa shape index (κ3) is 2.76. The lowest BCUT2D eigenvalue weighted by Gasteiger charge is -2.09. The molecule has 2 aromatic carbocycles. The zero-order valence-electron chi connectivity index (χ0n) is 11.3. The van der Waals surface area contributed by atoms with Gasteiger partial charge in [0.2, 0.25) is 0 Å². The Bertz CT molecular complexity index is 705. The molecule has 2 aromatic rings. The number of aromatic carboxylic acids is 1. The molecular formula is C16H13FO4. The molecule has 2 rings (SSSR count). The monoisotopic (exact) mass is 288 g/mol. The molecule has 0 radical (unpaired) electrons. The van der Waals surface area contributed by atoms with E-state index in [1.807, 2.05) is 0 Å². The number of carboxylic acid groups (broad SMARTS) is 1. The number of hydrogen-bond acceptors (Lipinski definition) is 3. The van der Waals surface area contributed by atoms with Crippen molar-refractivity contribution in [2.45, 2.75) is 13.3 Å². The first-order chi connectivity index (χ1) is 9.95. The number of rotatable bonds is 4. The number of aromatic hydroxyl groups is 1. The standard InChI is InChI=1S/C16H13FO4/c1-2-9-7-8-12(18)13(14(9)17)15(19)10-3-5-11(6-4-10)16(20)21/h3-8,18H,2H2,1H3,(H,20,21). The highest BCUT2D eigenvalue weighted by atomic mass is 19.1. The van der Waals surface area contributed by atoms with Crippen molar-refractivity contribution in [1.82, 2.24) is 0 Å². The lowest BCUT2D eigenvalue weighted by Crippen LogP contribution is -2.07. The van der Waals surface area contributed by atoms with Crippen LogP contribution in [0.2, 0.25) is 0 Å². The molecule has 5 heteroatoms. The second-order valence-electron chi connectivity index (χ2n) is 4.50. The smallest absolute Gasteiger partial charge is 0.335 e. The topological polar surface area (TPSA) is 74.6 Å². The van der Waals surface area contributed by atoms with Crippen molar-refractivity contribution in [3.8, 4) is 5.75 Å². The molecule has 2 N–H and O–H groups in total. The molecule has 0 unspecified atom stereocenters. The van der Waals surface area contributed by atoms with Gasteiger partial charge in [-0.15, -0.1) is 0 Å². The largest absolute Gasteiger partial charge is 0.507 e.